The van der Waals surface area contributed by atoms with Gasteiger partial charge in [0.05, 0.1) is 29.5 Å². The van der Waals surface area contributed by atoms with Crippen molar-refractivity contribution in [3.8, 4) is 17.2 Å². The molecule has 0 unspecified atom stereocenters. The predicted molar refractivity (Wildman–Crippen MR) is 172 cm³/mol. The Morgan fingerprint density at radius 1 is 1.07 bits per heavy atom. The van der Waals surface area contributed by atoms with E-state index in [4.69, 9.17) is 23.9 Å². The Labute approximate surface area is 264 Å². The molecule has 1 atom stereocenters. The third kappa shape index (κ3) is 4.71. The Hall–Kier alpha value is -4.67. The smallest absolute Gasteiger partial charge is 0.338 e. The molecular formula is C34H25BrN2O6S. The number of carbonyl (C=O) groups excluding carboxylic acids is 1. The van der Waals surface area contributed by atoms with Crippen molar-refractivity contribution in [3.05, 3.63) is 125 Å². The third-order valence-electron chi connectivity index (χ3n) is 7.58. The van der Waals surface area contributed by atoms with Gasteiger partial charge in [-0.05, 0) is 47.5 Å². The van der Waals surface area contributed by atoms with Crippen molar-refractivity contribution in [1.82, 2.24) is 4.57 Å². The summed E-state index contributed by atoms with van der Waals surface area (Å²) in [5.74, 6) is 1.22. The maximum absolute atomic E-state index is 14.4. The van der Waals surface area contributed by atoms with Crippen LogP contribution in [0.5, 0.6) is 17.2 Å². The second-order valence-electron chi connectivity index (χ2n) is 10.1. The minimum Gasteiger partial charge on any atom is -0.496 e. The molecule has 3 heterocycles. The molecule has 0 saturated heterocycles. The number of rotatable bonds is 6. The van der Waals surface area contributed by atoms with Gasteiger partial charge in [0.1, 0.15) is 11.8 Å². The number of ether oxygens (including phenoxy) is 4. The standard InChI is InChI=1S/C34H25BrN2O6S/c1-3-41-33(39)29-30(20-10-5-4-6-11-20)36-34-37(31(29)28-22-12-8-7-9-19(22)13-14-24(28)40-2)32(38)27(44-34)16-21-15-25-26(17-23(21)35)43-18-42-25/h4-17,31H,3,18H2,1-2H3/b27-16-/t31-/m0/s1. The van der Waals surface area contributed by atoms with Crippen LogP contribution in [0.15, 0.2) is 98.7 Å². The predicted octanol–water partition coefficient (Wildman–Crippen LogP) is 5.59. The monoisotopic (exact) mass is 668 g/mol. The summed E-state index contributed by atoms with van der Waals surface area (Å²) in [5, 5.41) is 1.79. The van der Waals surface area contributed by atoms with Gasteiger partial charge in [0.15, 0.2) is 16.3 Å². The highest BCUT2D eigenvalue weighted by atomic mass is 79.9. The van der Waals surface area contributed by atoms with Gasteiger partial charge >= 0.3 is 5.97 Å². The molecule has 220 valence electrons. The van der Waals surface area contributed by atoms with E-state index in [1.54, 1.807) is 24.7 Å². The fourth-order valence-electron chi connectivity index (χ4n) is 5.63. The number of esters is 1. The van der Waals surface area contributed by atoms with Crippen LogP contribution in [-0.4, -0.2) is 31.0 Å². The van der Waals surface area contributed by atoms with Crippen molar-refractivity contribution >= 4 is 55.8 Å². The zero-order valence-corrected chi connectivity index (χ0v) is 26.1. The summed E-state index contributed by atoms with van der Waals surface area (Å²) in [7, 11) is 1.58. The van der Waals surface area contributed by atoms with Gasteiger partial charge in [-0.2, -0.15) is 0 Å². The number of thiazole rings is 1. The van der Waals surface area contributed by atoms with E-state index in [2.05, 4.69) is 15.9 Å². The Morgan fingerprint density at radius 3 is 2.59 bits per heavy atom. The number of benzene rings is 4. The quantitative estimate of drug-likeness (QED) is 0.219. The first-order chi connectivity index (χ1) is 21.5. The maximum atomic E-state index is 14.4. The molecule has 0 amide bonds. The topological polar surface area (TPSA) is 88.4 Å². The SMILES string of the molecule is CCOC(=O)C1=C(c2ccccc2)N=c2s/c(=C\c3cc4c(cc3Br)OCO4)c(=O)n2[C@H]1c1c(OC)ccc2ccccc12. The number of methoxy groups -OCH3 is 1. The number of aromatic nitrogens is 1. The lowest BCUT2D eigenvalue weighted by atomic mass is 9.89. The van der Waals surface area contributed by atoms with Gasteiger partial charge in [-0.1, -0.05) is 87.9 Å². The van der Waals surface area contributed by atoms with Crippen LogP contribution in [0.4, 0.5) is 0 Å². The molecule has 0 N–H and O–H groups in total. The van der Waals surface area contributed by atoms with Gasteiger partial charge in [-0.15, -0.1) is 0 Å². The molecule has 4 aromatic carbocycles. The molecule has 0 radical (unpaired) electrons. The van der Waals surface area contributed by atoms with Crippen molar-refractivity contribution in [2.75, 3.05) is 20.5 Å². The molecule has 0 bridgehead atoms. The van der Waals surface area contributed by atoms with Gasteiger partial charge in [0.25, 0.3) is 5.56 Å². The van der Waals surface area contributed by atoms with Crippen LogP contribution in [0.1, 0.15) is 29.7 Å². The van der Waals surface area contributed by atoms with Crippen LogP contribution in [0, 0.1) is 0 Å². The zero-order valence-electron chi connectivity index (χ0n) is 23.7. The van der Waals surface area contributed by atoms with E-state index in [1.807, 2.05) is 78.9 Å². The molecule has 44 heavy (non-hydrogen) atoms. The highest BCUT2D eigenvalue weighted by Gasteiger charge is 2.37. The Bertz CT molecular complexity index is 2170. The van der Waals surface area contributed by atoms with E-state index in [-0.39, 0.29) is 24.5 Å². The van der Waals surface area contributed by atoms with Crippen molar-refractivity contribution in [1.29, 1.82) is 0 Å². The number of hydrogen-bond donors (Lipinski definition) is 0. The summed E-state index contributed by atoms with van der Waals surface area (Å²) in [6.45, 7) is 2.05. The van der Waals surface area contributed by atoms with E-state index >= 15 is 0 Å². The zero-order chi connectivity index (χ0) is 30.4. The average Bonchev–Trinajstić information content (AvgIpc) is 3.63. The van der Waals surface area contributed by atoms with Crippen LogP contribution >= 0.6 is 27.3 Å². The lowest BCUT2D eigenvalue weighted by Crippen LogP contribution is -2.40. The van der Waals surface area contributed by atoms with Crippen LogP contribution in [0.3, 0.4) is 0 Å². The van der Waals surface area contributed by atoms with Crippen molar-refractivity contribution in [2.45, 2.75) is 13.0 Å². The van der Waals surface area contributed by atoms with Crippen LogP contribution in [-0.2, 0) is 9.53 Å². The minimum atomic E-state index is -0.885. The molecule has 0 aliphatic carbocycles. The van der Waals surface area contributed by atoms with Gasteiger partial charge in [-0.25, -0.2) is 9.79 Å². The van der Waals surface area contributed by atoms with E-state index in [9.17, 15) is 9.59 Å². The first-order valence-electron chi connectivity index (χ1n) is 13.9. The first kappa shape index (κ1) is 28.1. The van der Waals surface area contributed by atoms with Gasteiger partial charge < -0.3 is 18.9 Å². The molecule has 8 nitrogen and oxygen atoms in total. The van der Waals surface area contributed by atoms with E-state index in [1.165, 1.54) is 11.3 Å². The maximum Gasteiger partial charge on any atom is 0.338 e. The van der Waals surface area contributed by atoms with E-state index in [0.29, 0.717) is 37.8 Å². The minimum absolute atomic E-state index is 0.138. The number of carbonyl (C=O) groups is 1. The van der Waals surface area contributed by atoms with Crippen molar-refractivity contribution in [3.63, 3.8) is 0 Å². The fraction of sp³-hybridized carbons (Fsp3) is 0.147. The van der Waals surface area contributed by atoms with Crippen LogP contribution < -0.4 is 29.1 Å². The summed E-state index contributed by atoms with van der Waals surface area (Å²) < 4.78 is 25.4. The molecule has 10 heteroatoms. The summed E-state index contributed by atoms with van der Waals surface area (Å²) in [4.78, 5) is 33.8. The number of hydrogen-bond acceptors (Lipinski definition) is 8. The van der Waals surface area contributed by atoms with Crippen molar-refractivity contribution < 1.29 is 23.7 Å². The molecule has 0 fully saturated rings. The largest absolute Gasteiger partial charge is 0.496 e. The Kier molecular flexibility index (Phi) is 7.31. The second-order valence-corrected chi connectivity index (χ2v) is 11.9. The third-order valence-corrected chi connectivity index (χ3v) is 9.25. The molecule has 1 aromatic heterocycles. The summed E-state index contributed by atoms with van der Waals surface area (Å²) >= 11 is 4.85. The van der Waals surface area contributed by atoms with Crippen molar-refractivity contribution in [2.24, 2.45) is 4.99 Å². The number of nitrogens with zero attached hydrogens (tertiary/aromatic N) is 2. The molecule has 2 aliphatic rings. The second kappa shape index (κ2) is 11.4. The number of fused-ring (bicyclic) bond motifs is 3. The van der Waals surface area contributed by atoms with Gasteiger partial charge in [0, 0.05) is 15.6 Å². The molecule has 0 spiro atoms. The average molecular weight is 670 g/mol. The molecule has 0 saturated carbocycles. The molecule has 7 rings (SSSR count). The lowest BCUT2D eigenvalue weighted by molar-refractivity contribution is -0.138. The first-order valence-corrected chi connectivity index (χ1v) is 15.5. The van der Waals surface area contributed by atoms with Gasteiger partial charge in [0.2, 0.25) is 6.79 Å². The van der Waals surface area contributed by atoms with Gasteiger partial charge in [-0.3, -0.25) is 9.36 Å². The lowest BCUT2D eigenvalue weighted by Gasteiger charge is -2.28. The normalized spacial score (nSPS) is 15.7. The molecular weight excluding hydrogens is 644 g/mol. The number of halogens is 1. The highest BCUT2D eigenvalue weighted by molar-refractivity contribution is 9.10. The highest BCUT2D eigenvalue weighted by Crippen LogP contribution is 2.42. The fourth-order valence-corrected chi connectivity index (χ4v) is 7.06. The summed E-state index contributed by atoms with van der Waals surface area (Å²) in [5.41, 5.74) is 2.56. The van der Waals surface area contributed by atoms with E-state index < -0.39 is 12.0 Å². The van der Waals surface area contributed by atoms with E-state index in [0.717, 1.165) is 26.4 Å². The summed E-state index contributed by atoms with van der Waals surface area (Å²) in [6.07, 6.45) is 1.80. The molecule has 2 aliphatic heterocycles. The molecule has 5 aromatic rings. The van der Waals surface area contributed by atoms with Crippen LogP contribution in [0.25, 0.3) is 22.5 Å². The summed E-state index contributed by atoms with van der Waals surface area (Å²) in [6, 6.07) is 23.9. The Balaban J connectivity index is 1.58. The Morgan fingerprint density at radius 2 is 1.82 bits per heavy atom. The van der Waals surface area contributed by atoms with Crippen LogP contribution in [0.2, 0.25) is 0 Å².